The standard InChI is InChI=1S/C9H16N2S/c1-9(11,7-10)5-4-8-3-2-6-12-8/h2-3,6H,4-5,7,10-11H2,1H3. The summed E-state index contributed by atoms with van der Waals surface area (Å²) in [5.74, 6) is 0. The average Bonchev–Trinajstić information content (AvgIpc) is 2.53. The van der Waals surface area contributed by atoms with Crippen molar-refractivity contribution in [3.05, 3.63) is 22.4 Å². The van der Waals surface area contributed by atoms with Crippen molar-refractivity contribution in [1.82, 2.24) is 0 Å². The van der Waals surface area contributed by atoms with Gasteiger partial charge in [-0.05, 0) is 31.2 Å². The molecule has 0 aliphatic carbocycles. The van der Waals surface area contributed by atoms with Crippen molar-refractivity contribution in [3.63, 3.8) is 0 Å². The van der Waals surface area contributed by atoms with Gasteiger partial charge >= 0.3 is 0 Å². The first kappa shape index (κ1) is 9.71. The summed E-state index contributed by atoms with van der Waals surface area (Å²) in [4.78, 5) is 1.39. The summed E-state index contributed by atoms with van der Waals surface area (Å²) in [5.41, 5.74) is 11.2. The van der Waals surface area contributed by atoms with Crippen molar-refractivity contribution >= 4 is 11.3 Å². The molecule has 0 spiro atoms. The maximum absolute atomic E-state index is 5.91. The summed E-state index contributed by atoms with van der Waals surface area (Å²) < 4.78 is 0. The van der Waals surface area contributed by atoms with Crippen LogP contribution in [-0.2, 0) is 6.42 Å². The van der Waals surface area contributed by atoms with Gasteiger partial charge < -0.3 is 11.5 Å². The van der Waals surface area contributed by atoms with E-state index in [4.69, 9.17) is 11.5 Å². The second kappa shape index (κ2) is 4.03. The highest BCUT2D eigenvalue weighted by Crippen LogP contribution is 2.14. The number of hydrogen-bond acceptors (Lipinski definition) is 3. The SMILES string of the molecule is CC(N)(CN)CCc1cccs1. The van der Waals surface area contributed by atoms with Crippen LogP contribution in [0.4, 0.5) is 0 Å². The fraction of sp³-hybridized carbons (Fsp3) is 0.556. The molecule has 1 unspecified atom stereocenters. The van der Waals surface area contributed by atoms with E-state index in [1.807, 2.05) is 6.92 Å². The van der Waals surface area contributed by atoms with Crippen molar-refractivity contribution in [2.24, 2.45) is 11.5 Å². The van der Waals surface area contributed by atoms with E-state index in [2.05, 4.69) is 17.5 Å². The summed E-state index contributed by atoms with van der Waals surface area (Å²) in [6, 6.07) is 4.20. The van der Waals surface area contributed by atoms with Crippen LogP contribution >= 0.6 is 11.3 Å². The first-order chi connectivity index (χ1) is 5.64. The quantitative estimate of drug-likeness (QED) is 0.742. The van der Waals surface area contributed by atoms with Gasteiger partial charge in [0.25, 0.3) is 0 Å². The van der Waals surface area contributed by atoms with Crippen LogP contribution in [0.15, 0.2) is 17.5 Å². The molecular weight excluding hydrogens is 168 g/mol. The van der Waals surface area contributed by atoms with E-state index in [1.165, 1.54) is 4.88 Å². The lowest BCUT2D eigenvalue weighted by molar-refractivity contribution is 0.445. The molecule has 1 atom stereocenters. The van der Waals surface area contributed by atoms with E-state index in [0.717, 1.165) is 12.8 Å². The zero-order chi connectivity index (χ0) is 9.03. The van der Waals surface area contributed by atoms with Crippen molar-refractivity contribution in [2.75, 3.05) is 6.54 Å². The van der Waals surface area contributed by atoms with E-state index in [1.54, 1.807) is 11.3 Å². The zero-order valence-electron chi connectivity index (χ0n) is 7.42. The second-order valence-electron chi connectivity index (χ2n) is 3.44. The molecule has 1 aromatic heterocycles. The maximum atomic E-state index is 5.91. The molecule has 4 N–H and O–H groups in total. The van der Waals surface area contributed by atoms with Gasteiger partial charge in [0, 0.05) is 17.0 Å². The van der Waals surface area contributed by atoms with Crippen LogP contribution in [0.25, 0.3) is 0 Å². The van der Waals surface area contributed by atoms with Gasteiger partial charge in [-0.25, -0.2) is 0 Å². The van der Waals surface area contributed by atoms with Gasteiger partial charge in [0.2, 0.25) is 0 Å². The fourth-order valence-electron chi connectivity index (χ4n) is 0.966. The Balaban J connectivity index is 2.36. The minimum Gasteiger partial charge on any atom is -0.329 e. The van der Waals surface area contributed by atoms with Crippen molar-refractivity contribution in [2.45, 2.75) is 25.3 Å². The molecule has 0 aliphatic rings. The Kier molecular flexibility index (Phi) is 3.26. The van der Waals surface area contributed by atoms with Gasteiger partial charge in [-0.15, -0.1) is 11.3 Å². The number of thiophene rings is 1. The van der Waals surface area contributed by atoms with E-state index in [9.17, 15) is 0 Å². The highest BCUT2D eigenvalue weighted by Gasteiger charge is 2.15. The lowest BCUT2D eigenvalue weighted by Gasteiger charge is -2.21. The third-order valence-electron chi connectivity index (χ3n) is 1.99. The first-order valence-corrected chi connectivity index (χ1v) is 5.03. The molecule has 0 amide bonds. The summed E-state index contributed by atoms with van der Waals surface area (Å²) in [7, 11) is 0. The molecule has 0 aromatic carbocycles. The van der Waals surface area contributed by atoms with Crippen LogP contribution in [0.5, 0.6) is 0 Å². The minimum absolute atomic E-state index is 0.204. The zero-order valence-corrected chi connectivity index (χ0v) is 8.23. The van der Waals surface area contributed by atoms with E-state index >= 15 is 0 Å². The Labute approximate surface area is 77.6 Å². The monoisotopic (exact) mass is 184 g/mol. The number of rotatable bonds is 4. The number of nitrogens with two attached hydrogens (primary N) is 2. The predicted molar refractivity (Wildman–Crippen MR) is 54.3 cm³/mol. The molecule has 68 valence electrons. The van der Waals surface area contributed by atoms with E-state index in [0.29, 0.717) is 6.54 Å². The summed E-state index contributed by atoms with van der Waals surface area (Å²) in [6.45, 7) is 2.55. The van der Waals surface area contributed by atoms with Crippen LogP contribution in [0, 0.1) is 0 Å². The van der Waals surface area contributed by atoms with Gasteiger partial charge in [-0.3, -0.25) is 0 Å². The van der Waals surface area contributed by atoms with Crippen molar-refractivity contribution in [3.8, 4) is 0 Å². The molecule has 0 fully saturated rings. The summed E-state index contributed by atoms with van der Waals surface area (Å²) in [5, 5.41) is 2.09. The summed E-state index contributed by atoms with van der Waals surface area (Å²) >= 11 is 1.78. The lowest BCUT2D eigenvalue weighted by Crippen LogP contribution is -2.44. The van der Waals surface area contributed by atoms with Crippen LogP contribution in [0.1, 0.15) is 18.2 Å². The highest BCUT2D eigenvalue weighted by atomic mass is 32.1. The molecule has 1 rings (SSSR count). The number of aryl methyl sites for hydroxylation is 1. The highest BCUT2D eigenvalue weighted by molar-refractivity contribution is 7.09. The molecule has 2 nitrogen and oxygen atoms in total. The Hall–Kier alpha value is -0.380. The van der Waals surface area contributed by atoms with Crippen LogP contribution in [0.2, 0.25) is 0 Å². The molecular formula is C9H16N2S. The first-order valence-electron chi connectivity index (χ1n) is 4.15. The van der Waals surface area contributed by atoms with E-state index < -0.39 is 0 Å². The van der Waals surface area contributed by atoms with Gasteiger partial charge in [-0.2, -0.15) is 0 Å². The van der Waals surface area contributed by atoms with Gasteiger partial charge in [0.05, 0.1) is 0 Å². The van der Waals surface area contributed by atoms with Crippen molar-refractivity contribution < 1.29 is 0 Å². The lowest BCUT2D eigenvalue weighted by atomic mass is 9.97. The normalized spacial score (nSPS) is 15.9. The second-order valence-corrected chi connectivity index (χ2v) is 4.47. The fourth-order valence-corrected chi connectivity index (χ4v) is 1.67. The van der Waals surface area contributed by atoms with Gasteiger partial charge in [-0.1, -0.05) is 6.07 Å². The summed E-state index contributed by atoms with van der Waals surface area (Å²) in [6.07, 6.45) is 2.01. The van der Waals surface area contributed by atoms with Gasteiger partial charge in [0.15, 0.2) is 0 Å². The molecule has 1 aromatic rings. The molecule has 0 aliphatic heterocycles. The Morgan fingerprint density at radius 2 is 2.33 bits per heavy atom. The molecule has 3 heteroatoms. The topological polar surface area (TPSA) is 52.0 Å². The minimum atomic E-state index is -0.204. The molecule has 12 heavy (non-hydrogen) atoms. The average molecular weight is 184 g/mol. The molecule has 0 saturated heterocycles. The number of hydrogen-bond donors (Lipinski definition) is 2. The van der Waals surface area contributed by atoms with Crippen LogP contribution in [-0.4, -0.2) is 12.1 Å². The van der Waals surface area contributed by atoms with Crippen LogP contribution < -0.4 is 11.5 Å². The Morgan fingerprint density at radius 1 is 1.58 bits per heavy atom. The molecule has 0 bridgehead atoms. The third-order valence-corrected chi connectivity index (χ3v) is 2.93. The van der Waals surface area contributed by atoms with E-state index in [-0.39, 0.29) is 5.54 Å². The molecule has 1 heterocycles. The predicted octanol–water partition coefficient (Wildman–Crippen LogP) is 1.36. The van der Waals surface area contributed by atoms with Crippen LogP contribution in [0.3, 0.4) is 0 Å². The molecule has 0 radical (unpaired) electrons. The Bertz CT molecular complexity index is 216. The van der Waals surface area contributed by atoms with Gasteiger partial charge in [0.1, 0.15) is 0 Å². The molecule has 0 saturated carbocycles. The largest absolute Gasteiger partial charge is 0.329 e. The smallest absolute Gasteiger partial charge is 0.0253 e. The van der Waals surface area contributed by atoms with Crippen molar-refractivity contribution in [1.29, 1.82) is 0 Å². The Morgan fingerprint density at radius 3 is 2.83 bits per heavy atom. The third kappa shape index (κ3) is 2.93. The maximum Gasteiger partial charge on any atom is 0.0253 e.